The minimum Gasteiger partial charge on any atom is -0.262 e. The van der Waals surface area contributed by atoms with Gasteiger partial charge >= 0.3 is 11.8 Å². The van der Waals surface area contributed by atoms with Crippen molar-refractivity contribution in [3.63, 3.8) is 0 Å². The number of carbonyl (C=O) groups excluding carboxylic acids is 2. The van der Waals surface area contributed by atoms with Crippen molar-refractivity contribution in [2.75, 3.05) is 0 Å². The first-order valence-corrected chi connectivity index (χ1v) is 8.44. The number of hydrogen-bond acceptors (Lipinski definition) is 4. The molecule has 2 N–H and O–H groups in total. The summed E-state index contributed by atoms with van der Waals surface area (Å²) in [4.78, 5) is 23.2. The molecule has 134 valence electrons. The molecule has 0 aliphatic heterocycles. The Bertz CT molecular complexity index is 826. The van der Waals surface area contributed by atoms with Crippen LogP contribution in [0.25, 0.3) is 0 Å². The van der Waals surface area contributed by atoms with Gasteiger partial charge in [0.2, 0.25) is 0 Å². The number of nitrogens with one attached hydrogen (secondary N) is 2. The van der Waals surface area contributed by atoms with Gasteiger partial charge in [0.25, 0.3) is 0 Å². The van der Waals surface area contributed by atoms with Gasteiger partial charge in [-0.3, -0.25) is 9.59 Å². The van der Waals surface area contributed by atoms with Crippen molar-refractivity contribution in [1.29, 1.82) is 0 Å². The highest BCUT2D eigenvalue weighted by Crippen LogP contribution is 2.20. The standard InChI is InChI=1S/C16H10Cl4N4O2/c17-11-3-1-9(13(19)5-11)7-21-23-15(25)16(26)24-22-8-10-2-4-12(18)6-14(10)20/h1-8H,(H,23,25)(H,24,26). The lowest BCUT2D eigenvalue weighted by Crippen LogP contribution is -2.35. The topological polar surface area (TPSA) is 82.9 Å². The summed E-state index contributed by atoms with van der Waals surface area (Å²) in [5, 5.41) is 8.92. The van der Waals surface area contributed by atoms with Crippen LogP contribution in [0.15, 0.2) is 46.6 Å². The molecule has 2 aromatic carbocycles. The molecule has 2 rings (SSSR count). The van der Waals surface area contributed by atoms with Gasteiger partial charge in [0.15, 0.2) is 0 Å². The highest BCUT2D eigenvalue weighted by molar-refractivity contribution is 6.37. The van der Waals surface area contributed by atoms with E-state index in [4.69, 9.17) is 46.4 Å². The summed E-state index contributed by atoms with van der Waals surface area (Å²) in [6.45, 7) is 0. The number of hydrogen-bond donors (Lipinski definition) is 2. The molecule has 0 radical (unpaired) electrons. The number of rotatable bonds is 4. The van der Waals surface area contributed by atoms with Gasteiger partial charge in [-0.1, -0.05) is 58.5 Å². The van der Waals surface area contributed by atoms with E-state index in [0.29, 0.717) is 31.2 Å². The van der Waals surface area contributed by atoms with E-state index in [0.717, 1.165) is 0 Å². The van der Waals surface area contributed by atoms with E-state index in [9.17, 15) is 9.59 Å². The summed E-state index contributed by atoms with van der Waals surface area (Å²) >= 11 is 23.4. The van der Waals surface area contributed by atoms with Crippen molar-refractivity contribution in [3.05, 3.63) is 67.6 Å². The summed E-state index contributed by atoms with van der Waals surface area (Å²) in [6.07, 6.45) is 2.56. The Morgan fingerprint density at radius 2 is 1.12 bits per heavy atom. The van der Waals surface area contributed by atoms with Crippen LogP contribution < -0.4 is 10.9 Å². The molecule has 10 heteroatoms. The van der Waals surface area contributed by atoms with Crippen LogP contribution in [0.5, 0.6) is 0 Å². The summed E-state index contributed by atoms with van der Waals surface area (Å²) in [5.41, 5.74) is 5.14. The van der Waals surface area contributed by atoms with E-state index >= 15 is 0 Å². The number of benzene rings is 2. The van der Waals surface area contributed by atoms with E-state index in [1.165, 1.54) is 24.6 Å². The van der Waals surface area contributed by atoms with Crippen molar-refractivity contribution in [3.8, 4) is 0 Å². The fourth-order valence-corrected chi connectivity index (χ4v) is 2.55. The molecule has 0 saturated heterocycles. The van der Waals surface area contributed by atoms with Crippen LogP contribution in [0.1, 0.15) is 11.1 Å². The Kier molecular flexibility index (Phi) is 7.41. The van der Waals surface area contributed by atoms with Gasteiger partial charge < -0.3 is 0 Å². The van der Waals surface area contributed by atoms with Crippen LogP contribution in [-0.4, -0.2) is 24.2 Å². The summed E-state index contributed by atoms with van der Waals surface area (Å²) < 4.78 is 0. The van der Waals surface area contributed by atoms with Crippen molar-refractivity contribution < 1.29 is 9.59 Å². The fraction of sp³-hybridized carbons (Fsp3) is 0. The molecular formula is C16H10Cl4N4O2. The van der Waals surface area contributed by atoms with Crippen LogP contribution in [0.2, 0.25) is 20.1 Å². The first kappa shape index (κ1) is 20.2. The van der Waals surface area contributed by atoms with Crippen LogP contribution in [0.3, 0.4) is 0 Å². The van der Waals surface area contributed by atoms with Gasteiger partial charge in [-0.25, -0.2) is 10.9 Å². The first-order valence-electron chi connectivity index (χ1n) is 6.93. The van der Waals surface area contributed by atoms with Crippen LogP contribution in [-0.2, 0) is 9.59 Å². The minimum atomic E-state index is -1.01. The normalized spacial score (nSPS) is 11.1. The van der Waals surface area contributed by atoms with Crippen LogP contribution in [0.4, 0.5) is 0 Å². The largest absolute Gasteiger partial charge is 0.331 e. The number of hydrazone groups is 2. The third kappa shape index (κ3) is 6.00. The lowest BCUT2D eigenvalue weighted by Gasteiger charge is -2.00. The second-order valence-electron chi connectivity index (χ2n) is 4.73. The molecule has 0 atom stereocenters. The first-order chi connectivity index (χ1) is 12.4. The van der Waals surface area contributed by atoms with E-state index < -0.39 is 11.8 Å². The zero-order chi connectivity index (χ0) is 19.1. The van der Waals surface area contributed by atoms with Crippen molar-refractivity contribution in [2.24, 2.45) is 10.2 Å². The molecule has 0 unspecified atom stereocenters. The third-order valence-electron chi connectivity index (χ3n) is 2.87. The van der Waals surface area contributed by atoms with E-state index in [1.807, 2.05) is 10.9 Å². The van der Waals surface area contributed by atoms with Gasteiger partial charge in [0.05, 0.1) is 22.5 Å². The van der Waals surface area contributed by atoms with Crippen molar-refractivity contribution >= 4 is 70.6 Å². The predicted molar refractivity (Wildman–Crippen MR) is 104 cm³/mol. The summed E-state index contributed by atoms with van der Waals surface area (Å²) in [5.74, 6) is -2.02. The Morgan fingerprint density at radius 3 is 1.46 bits per heavy atom. The molecule has 0 heterocycles. The molecule has 0 aromatic heterocycles. The molecule has 0 aliphatic carbocycles. The molecule has 2 aromatic rings. The lowest BCUT2D eigenvalue weighted by molar-refractivity contribution is -0.139. The zero-order valence-corrected chi connectivity index (χ0v) is 15.9. The molecular weight excluding hydrogens is 422 g/mol. The van der Waals surface area contributed by atoms with Gasteiger partial charge in [-0.15, -0.1) is 0 Å². The fourth-order valence-electron chi connectivity index (χ4n) is 1.63. The van der Waals surface area contributed by atoms with E-state index in [1.54, 1.807) is 24.3 Å². The smallest absolute Gasteiger partial charge is 0.262 e. The zero-order valence-electron chi connectivity index (χ0n) is 12.8. The number of carbonyl (C=O) groups is 2. The number of amides is 2. The molecule has 0 bridgehead atoms. The number of nitrogens with zero attached hydrogens (tertiary/aromatic N) is 2. The molecule has 0 aliphatic rings. The summed E-state index contributed by atoms with van der Waals surface area (Å²) in [7, 11) is 0. The van der Waals surface area contributed by atoms with Crippen LogP contribution >= 0.6 is 46.4 Å². The van der Waals surface area contributed by atoms with Crippen molar-refractivity contribution in [1.82, 2.24) is 10.9 Å². The molecule has 26 heavy (non-hydrogen) atoms. The van der Waals surface area contributed by atoms with E-state index in [-0.39, 0.29) is 0 Å². The third-order valence-corrected chi connectivity index (χ3v) is 4.00. The van der Waals surface area contributed by atoms with Gasteiger partial charge in [-0.05, 0) is 24.3 Å². The van der Waals surface area contributed by atoms with E-state index in [2.05, 4.69) is 10.2 Å². The average Bonchev–Trinajstić information content (AvgIpc) is 2.58. The van der Waals surface area contributed by atoms with Crippen LogP contribution in [0, 0.1) is 0 Å². The molecule has 2 amide bonds. The Balaban J connectivity index is 1.88. The van der Waals surface area contributed by atoms with Gasteiger partial charge in [0, 0.05) is 21.2 Å². The summed E-state index contributed by atoms with van der Waals surface area (Å²) in [6, 6.07) is 9.49. The highest BCUT2D eigenvalue weighted by Gasteiger charge is 2.11. The second kappa shape index (κ2) is 9.54. The Morgan fingerprint density at radius 1 is 0.731 bits per heavy atom. The Hall–Kier alpha value is -2.12. The quantitative estimate of drug-likeness (QED) is 0.437. The van der Waals surface area contributed by atoms with Gasteiger partial charge in [0.1, 0.15) is 0 Å². The SMILES string of the molecule is O=C(NN=Cc1ccc(Cl)cc1Cl)C(=O)NN=Cc1ccc(Cl)cc1Cl. The highest BCUT2D eigenvalue weighted by atomic mass is 35.5. The van der Waals surface area contributed by atoms with Crippen molar-refractivity contribution in [2.45, 2.75) is 0 Å². The molecule has 0 fully saturated rings. The minimum absolute atomic E-state index is 0.351. The number of halogens is 4. The maximum Gasteiger partial charge on any atom is 0.331 e. The molecule has 6 nitrogen and oxygen atoms in total. The maximum absolute atomic E-state index is 11.6. The molecule has 0 saturated carbocycles. The van der Waals surface area contributed by atoms with Gasteiger partial charge in [-0.2, -0.15) is 10.2 Å². The lowest BCUT2D eigenvalue weighted by atomic mass is 10.2. The maximum atomic E-state index is 11.6. The monoisotopic (exact) mass is 430 g/mol. The molecule has 0 spiro atoms. The predicted octanol–water partition coefficient (Wildman–Crippen LogP) is 3.90. The second-order valence-corrected chi connectivity index (χ2v) is 6.42. The average molecular weight is 432 g/mol. The Labute approximate surface area is 168 Å².